The lowest BCUT2D eigenvalue weighted by molar-refractivity contribution is -0.0888. The number of Topliss-reactive ketones (excluding diaryl/α,β-unsaturated/α-hetero) is 1. The molecule has 2 rings (SSSR count). The summed E-state index contributed by atoms with van der Waals surface area (Å²) in [5, 5.41) is 5.66. The molecule has 0 saturated carbocycles. The van der Waals surface area contributed by atoms with Gasteiger partial charge in [-0.1, -0.05) is 6.07 Å². The molecule has 0 aliphatic rings. The third kappa shape index (κ3) is 2.32. The fourth-order valence-electron chi connectivity index (χ4n) is 1.24. The smallest absolute Gasteiger partial charge is 0.282 e. The minimum absolute atomic E-state index is 0.193. The van der Waals surface area contributed by atoms with Crippen LogP contribution in [-0.2, 0) is 0 Å². The second-order valence-corrected chi connectivity index (χ2v) is 3.21. The van der Waals surface area contributed by atoms with Gasteiger partial charge in [0.1, 0.15) is 11.4 Å². The third-order valence-electron chi connectivity index (χ3n) is 2.01. The van der Waals surface area contributed by atoms with E-state index in [1.807, 2.05) is 0 Å². The van der Waals surface area contributed by atoms with Gasteiger partial charge in [0, 0.05) is 6.20 Å². The molecule has 2 heterocycles. The van der Waals surface area contributed by atoms with E-state index in [1.54, 1.807) is 18.2 Å². The van der Waals surface area contributed by atoms with Gasteiger partial charge >= 0.3 is 6.18 Å². The Morgan fingerprint density at radius 1 is 1.24 bits per heavy atom. The van der Waals surface area contributed by atoms with Crippen LogP contribution in [0.25, 0.3) is 11.4 Å². The number of rotatable bonds is 2. The number of carbonyl (C=O) groups is 1. The van der Waals surface area contributed by atoms with Gasteiger partial charge in [-0.2, -0.15) is 18.3 Å². The number of pyridine rings is 1. The average Bonchev–Trinajstić information content (AvgIpc) is 2.77. The van der Waals surface area contributed by atoms with Crippen molar-refractivity contribution >= 4 is 5.78 Å². The van der Waals surface area contributed by atoms with Crippen LogP contribution in [0.5, 0.6) is 0 Å². The highest BCUT2D eigenvalue weighted by Gasteiger charge is 2.40. The summed E-state index contributed by atoms with van der Waals surface area (Å²) in [6.45, 7) is 0. The number of nitrogens with zero attached hydrogens (tertiary/aromatic N) is 2. The number of halogens is 3. The summed E-state index contributed by atoms with van der Waals surface area (Å²) in [5.74, 6) is -1.95. The zero-order chi connectivity index (χ0) is 12.5. The van der Waals surface area contributed by atoms with Crippen LogP contribution in [0.1, 0.15) is 10.5 Å². The van der Waals surface area contributed by atoms with E-state index < -0.39 is 17.7 Å². The minimum Gasteiger partial charge on any atom is -0.282 e. The summed E-state index contributed by atoms with van der Waals surface area (Å²) >= 11 is 0. The van der Waals surface area contributed by atoms with Crippen LogP contribution < -0.4 is 0 Å². The Kier molecular flexibility index (Phi) is 2.66. The summed E-state index contributed by atoms with van der Waals surface area (Å²) in [6, 6.07) is 5.94. The van der Waals surface area contributed by atoms with Crippen molar-refractivity contribution in [3.05, 3.63) is 36.2 Å². The molecule has 0 fully saturated rings. The molecule has 0 aliphatic heterocycles. The normalized spacial score (nSPS) is 11.5. The Balaban J connectivity index is 2.32. The molecule has 17 heavy (non-hydrogen) atoms. The number of H-pyrrole nitrogens is 1. The molecule has 4 nitrogen and oxygen atoms in total. The van der Waals surface area contributed by atoms with Gasteiger partial charge in [-0.25, -0.2) is 0 Å². The quantitative estimate of drug-likeness (QED) is 0.820. The van der Waals surface area contributed by atoms with Crippen molar-refractivity contribution in [2.24, 2.45) is 0 Å². The van der Waals surface area contributed by atoms with E-state index in [-0.39, 0.29) is 5.69 Å². The number of aromatic amines is 1. The van der Waals surface area contributed by atoms with Crippen molar-refractivity contribution in [3.63, 3.8) is 0 Å². The molecule has 0 saturated heterocycles. The van der Waals surface area contributed by atoms with Gasteiger partial charge in [-0.3, -0.25) is 14.9 Å². The number of carbonyl (C=O) groups excluding carboxylic acids is 1. The number of aromatic nitrogens is 3. The van der Waals surface area contributed by atoms with Crippen LogP contribution in [0.4, 0.5) is 13.2 Å². The van der Waals surface area contributed by atoms with Crippen molar-refractivity contribution in [3.8, 4) is 11.4 Å². The molecule has 0 aromatic carbocycles. The van der Waals surface area contributed by atoms with Crippen LogP contribution in [0.3, 0.4) is 0 Å². The van der Waals surface area contributed by atoms with Crippen LogP contribution in [0, 0.1) is 0 Å². The summed E-state index contributed by atoms with van der Waals surface area (Å²) in [6.07, 6.45) is -3.43. The van der Waals surface area contributed by atoms with E-state index >= 15 is 0 Å². The molecule has 7 heteroatoms. The summed E-state index contributed by atoms with van der Waals surface area (Å²) in [5.41, 5.74) is -0.0127. The van der Waals surface area contributed by atoms with Crippen molar-refractivity contribution in [1.29, 1.82) is 0 Å². The monoisotopic (exact) mass is 241 g/mol. The number of hydrogen-bond acceptors (Lipinski definition) is 3. The molecule has 2 aromatic heterocycles. The van der Waals surface area contributed by atoms with E-state index in [0.717, 1.165) is 6.07 Å². The van der Waals surface area contributed by atoms with Crippen LogP contribution in [0.15, 0.2) is 30.5 Å². The lowest BCUT2D eigenvalue weighted by Crippen LogP contribution is -2.22. The molecule has 0 aliphatic carbocycles. The maximum atomic E-state index is 12.1. The van der Waals surface area contributed by atoms with Crippen LogP contribution in [0.2, 0.25) is 0 Å². The number of ketones is 1. The number of alkyl halides is 3. The zero-order valence-electron chi connectivity index (χ0n) is 8.32. The van der Waals surface area contributed by atoms with E-state index in [1.165, 1.54) is 6.20 Å². The highest BCUT2D eigenvalue weighted by atomic mass is 19.4. The van der Waals surface area contributed by atoms with Crippen LogP contribution in [-0.4, -0.2) is 27.1 Å². The third-order valence-corrected chi connectivity index (χ3v) is 2.01. The van der Waals surface area contributed by atoms with Gasteiger partial charge in [0.25, 0.3) is 5.78 Å². The van der Waals surface area contributed by atoms with Gasteiger partial charge in [-0.05, 0) is 18.2 Å². The predicted molar refractivity (Wildman–Crippen MR) is 52.2 cm³/mol. The summed E-state index contributed by atoms with van der Waals surface area (Å²) < 4.78 is 36.4. The van der Waals surface area contributed by atoms with Crippen molar-refractivity contribution < 1.29 is 18.0 Å². The van der Waals surface area contributed by atoms with Gasteiger partial charge in [-0.15, -0.1) is 0 Å². The minimum atomic E-state index is -4.91. The predicted octanol–water partition coefficient (Wildman–Crippen LogP) is 2.22. The van der Waals surface area contributed by atoms with E-state index in [9.17, 15) is 18.0 Å². The first-order valence-corrected chi connectivity index (χ1v) is 4.57. The molecule has 0 unspecified atom stereocenters. The molecule has 0 atom stereocenters. The average molecular weight is 241 g/mol. The first-order chi connectivity index (χ1) is 7.98. The fourth-order valence-corrected chi connectivity index (χ4v) is 1.24. The standard InChI is InChI=1S/C10H6F3N3O/c11-10(12,13)9(17)8-5-7(15-16-8)6-3-1-2-4-14-6/h1-5H,(H,15,16). The highest BCUT2D eigenvalue weighted by molar-refractivity contribution is 5.99. The highest BCUT2D eigenvalue weighted by Crippen LogP contribution is 2.22. The van der Waals surface area contributed by atoms with Gasteiger partial charge in [0.2, 0.25) is 0 Å². The van der Waals surface area contributed by atoms with Gasteiger partial charge in [0.05, 0.1) is 5.69 Å². The van der Waals surface area contributed by atoms with Crippen molar-refractivity contribution in [1.82, 2.24) is 15.2 Å². The number of nitrogens with one attached hydrogen (secondary N) is 1. The van der Waals surface area contributed by atoms with Gasteiger partial charge in [0.15, 0.2) is 0 Å². The molecule has 0 bridgehead atoms. The largest absolute Gasteiger partial charge is 0.456 e. The summed E-state index contributed by atoms with van der Waals surface area (Å²) in [7, 11) is 0. The molecule has 0 amide bonds. The lowest BCUT2D eigenvalue weighted by atomic mass is 10.2. The molecule has 88 valence electrons. The molecule has 0 radical (unpaired) electrons. The van der Waals surface area contributed by atoms with Crippen LogP contribution >= 0.6 is 0 Å². The maximum absolute atomic E-state index is 12.1. The van der Waals surface area contributed by atoms with E-state index in [4.69, 9.17) is 0 Å². The molecule has 1 N–H and O–H groups in total. The number of hydrogen-bond donors (Lipinski definition) is 1. The summed E-state index contributed by atoms with van der Waals surface area (Å²) in [4.78, 5) is 14.8. The van der Waals surface area contributed by atoms with E-state index in [2.05, 4.69) is 15.2 Å². The second-order valence-electron chi connectivity index (χ2n) is 3.21. The first kappa shape index (κ1) is 11.3. The van der Waals surface area contributed by atoms with Crippen molar-refractivity contribution in [2.75, 3.05) is 0 Å². The van der Waals surface area contributed by atoms with E-state index in [0.29, 0.717) is 5.69 Å². The topological polar surface area (TPSA) is 58.6 Å². The Labute approximate surface area is 93.5 Å². The van der Waals surface area contributed by atoms with Gasteiger partial charge < -0.3 is 0 Å². The molecule has 2 aromatic rings. The molecular weight excluding hydrogens is 235 g/mol. The Hall–Kier alpha value is -2.18. The lowest BCUT2D eigenvalue weighted by Gasteiger charge is -2.00. The SMILES string of the molecule is O=C(c1cc(-c2ccccn2)n[nH]1)C(F)(F)F. The Bertz CT molecular complexity index is 533. The Morgan fingerprint density at radius 3 is 2.59 bits per heavy atom. The first-order valence-electron chi connectivity index (χ1n) is 4.57. The second kappa shape index (κ2) is 4.00. The fraction of sp³-hybridized carbons (Fsp3) is 0.100. The Morgan fingerprint density at radius 2 is 2.00 bits per heavy atom. The molecule has 0 spiro atoms. The molecular formula is C10H6F3N3O. The van der Waals surface area contributed by atoms with Crippen molar-refractivity contribution in [2.45, 2.75) is 6.18 Å². The maximum Gasteiger partial charge on any atom is 0.456 e. The zero-order valence-corrected chi connectivity index (χ0v) is 8.32.